The molecule has 1 N–H and O–H groups in total. The van der Waals surface area contributed by atoms with Crippen molar-refractivity contribution in [1.29, 1.82) is 0 Å². The largest absolute Gasteiger partial charge is 0.407 e. The number of benzene rings is 1. The molecule has 0 spiro atoms. The first-order valence-electron chi connectivity index (χ1n) is 9.68. The lowest BCUT2D eigenvalue weighted by Gasteiger charge is -2.30. The average molecular weight is 447 g/mol. The number of piperidine rings is 1. The molecule has 1 aromatic carbocycles. The molecule has 1 fully saturated rings. The molecular formula is C20H22N4O4S2. The number of anilines is 1. The van der Waals surface area contributed by atoms with Crippen molar-refractivity contribution in [3.05, 3.63) is 58.1 Å². The van der Waals surface area contributed by atoms with Crippen LogP contribution in [0.1, 0.15) is 40.9 Å². The first-order valence-corrected chi connectivity index (χ1v) is 12.0. The van der Waals surface area contributed by atoms with E-state index in [1.165, 1.54) is 28.6 Å². The molecule has 0 bridgehead atoms. The van der Waals surface area contributed by atoms with Crippen LogP contribution in [0, 0.1) is 5.92 Å². The summed E-state index contributed by atoms with van der Waals surface area (Å²) in [5.74, 6) is 0.305. The second-order valence-corrected chi connectivity index (χ2v) is 10.3. The normalized spacial score (nSPS) is 17.7. The van der Waals surface area contributed by atoms with Gasteiger partial charge in [-0.25, -0.2) is 8.42 Å². The van der Waals surface area contributed by atoms with Crippen molar-refractivity contribution in [2.24, 2.45) is 5.92 Å². The fourth-order valence-electron chi connectivity index (χ4n) is 3.40. The lowest BCUT2D eigenvalue weighted by molar-refractivity contribution is 0.102. The van der Waals surface area contributed by atoms with Gasteiger partial charge in [-0.05, 0) is 54.5 Å². The zero-order chi connectivity index (χ0) is 21.1. The lowest BCUT2D eigenvalue weighted by atomic mass is 10.0. The van der Waals surface area contributed by atoms with E-state index in [2.05, 4.69) is 22.4 Å². The van der Waals surface area contributed by atoms with Crippen LogP contribution in [0.25, 0.3) is 0 Å². The number of rotatable bonds is 6. The van der Waals surface area contributed by atoms with Gasteiger partial charge in [0, 0.05) is 23.5 Å². The molecule has 158 valence electrons. The molecule has 8 nitrogen and oxygen atoms in total. The topological polar surface area (TPSA) is 105 Å². The van der Waals surface area contributed by atoms with E-state index in [0.717, 1.165) is 17.7 Å². The Balaban J connectivity index is 1.41. The predicted octanol–water partition coefficient (Wildman–Crippen LogP) is 3.39. The third-order valence-corrected chi connectivity index (χ3v) is 7.72. The number of nitrogens with one attached hydrogen (secondary N) is 1. The molecule has 1 atom stereocenters. The van der Waals surface area contributed by atoms with Gasteiger partial charge in [0.2, 0.25) is 15.9 Å². The summed E-state index contributed by atoms with van der Waals surface area (Å²) in [7, 11) is -3.56. The van der Waals surface area contributed by atoms with Crippen LogP contribution in [0.3, 0.4) is 0 Å². The number of aromatic nitrogens is 2. The molecule has 0 radical (unpaired) electrons. The summed E-state index contributed by atoms with van der Waals surface area (Å²) in [6, 6.07) is 9.80. The number of hydrogen-bond acceptors (Lipinski definition) is 7. The van der Waals surface area contributed by atoms with Gasteiger partial charge in [0.05, 0.1) is 11.3 Å². The second-order valence-electron chi connectivity index (χ2n) is 7.35. The fourth-order valence-corrected chi connectivity index (χ4v) is 5.69. The monoisotopic (exact) mass is 446 g/mol. The SMILES string of the molecule is CC1CCCN(S(=O)(=O)c2ccc(C(=O)Nc3nnc(Cc4cccs4)o3)cc2)C1. The van der Waals surface area contributed by atoms with Crippen LogP contribution in [0.2, 0.25) is 0 Å². The van der Waals surface area contributed by atoms with Crippen molar-refractivity contribution in [1.82, 2.24) is 14.5 Å². The van der Waals surface area contributed by atoms with Crippen LogP contribution < -0.4 is 5.32 Å². The predicted molar refractivity (Wildman–Crippen MR) is 113 cm³/mol. The van der Waals surface area contributed by atoms with Crippen molar-refractivity contribution in [3.8, 4) is 0 Å². The van der Waals surface area contributed by atoms with Gasteiger partial charge in [-0.1, -0.05) is 18.1 Å². The van der Waals surface area contributed by atoms with Crippen LogP contribution in [-0.4, -0.2) is 41.9 Å². The van der Waals surface area contributed by atoms with Gasteiger partial charge in [-0.3, -0.25) is 10.1 Å². The van der Waals surface area contributed by atoms with E-state index in [4.69, 9.17) is 4.42 Å². The maximum Gasteiger partial charge on any atom is 0.322 e. The van der Waals surface area contributed by atoms with Gasteiger partial charge >= 0.3 is 6.01 Å². The summed E-state index contributed by atoms with van der Waals surface area (Å²) < 4.78 is 32.6. The van der Waals surface area contributed by atoms with Crippen LogP contribution in [0.15, 0.2) is 51.1 Å². The Morgan fingerprint density at radius 3 is 2.77 bits per heavy atom. The van der Waals surface area contributed by atoms with Gasteiger partial charge < -0.3 is 4.42 Å². The molecule has 30 heavy (non-hydrogen) atoms. The number of carbonyl (C=O) groups excluding carboxylic acids is 1. The number of thiophene rings is 1. The second kappa shape index (κ2) is 8.66. The number of amides is 1. The van der Waals surface area contributed by atoms with Gasteiger partial charge in [-0.2, -0.15) is 4.31 Å². The maximum atomic E-state index is 12.8. The van der Waals surface area contributed by atoms with Crippen LogP contribution >= 0.6 is 11.3 Å². The minimum atomic E-state index is -3.56. The molecule has 1 unspecified atom stereocenters. The van der Waals surface area contributed by atoms with Crippen LogP contribution in [0.5, 0.6) is 0 Å². The minimum Gasteiger partial charge on any atom is -0.407 e. The quantitative estimate of drug-likeness (QED) is 0.622. The third kappa shape index (κ3) is 4.61. The molecule has 1 amide bonds. The van der Waals surface area contributed by atoms with Gasteiger partial charge in [0.25, 0.3) is 5.91 Å². The first-order chi connectivity index (χ1) is 14.4. The van der Waals surface area contributed by atoms with E-state index in [-0.39, 0.29) is 10.9 Å². The average Bonchev–Trinajstić information content (AvgIpc) is 3.40. The summed E-state index contributed by atoms with van der Waals surface area (Å²) in [6.07, 6.45) is 2.40. The first kappa shape index (κ1) is 20.7. The summed E-state index contributed by atoms with van der Waals surface area (Å²) in [4.78, 5) is 13.7. The van der Waals surface area contributed by atoms with Gasteiger partial charge in [0.15, 0.2) is 0 Å². The van der Waals surface area contributed by atoms with E-state index in [1.807, 2.05) is 17.5 Å². The highest BCUT2D eigenvalue weighted by atomic mass is 32.2. The lowest BCUT2D eigenvalue weighted by Crippen LogP contribution is -2.39. The van der Waals surface area contributed by atoms with E-state index in [9.17, 15) is 13.2 Å². The Hall–Kier alpha value is -2.56. The Morgan fingerprint density at radius 1 is 1.27 bits per heavy atom. The molecule has 4 rings (SSSR count). The molecule has 2 aromatic heterocycles. The molecule has 3 aromatic rings. The summed E-state index contributed by atoms with van der Waals surface area (Å²) in [5, 5.41) is 12.3. The summed E-state index contributed by atoms with van der Waals surface area (Å²) in [5.41, 5.74) is 0.305. The highest BCUT2D eigenvalue weighted by molar-refractivity contribution is 7.89. The third-order valence-electron chi connectivity index (χ3n) is 4.97. The maximum absolute atomic E-state index is 12.8. The fraction of sp³-hybridized carbons (Fsp3) is 0.350. The van der Waals surface area contributed by atoms with E-state index in [0.29, 0.717) is 36.9 Å². The Morgan fingerprint density at radius 2 is 2.07 bits per heavy atom. The Bertz CT molecular complexity index is 1110. The van der Waals surface area contributed by atoms with Crippen LogP contribution in [0.4, 0.5) is 6.01 Å². The van der Waals surface area contributed by atoms with Crippen molar-refractivity contribution < 1.29 is 17.6 Å². The minimum absolute atomic E-state index is 0.00515. The van der Waals surface area contributed by atoms with E-state index >= 15 is 0 Å². The van der Waals surface area contributed by atoms with Crippen LogP contribution in [-0.2, 0) is 16.4 Å². The molecule has 1 aliphatic rings. The zero-order valence-corrected chi connectivity index (χ0v) is 18.1. The molecule has 3 heterocycles. The highest BCUT2D eigenvalue weighted by Gasteiger charge is 2.28. The van der Waals surface area contributed by atoms with E-state index < -0.39 is 15.9 Å². The van der Waals surface area contributed by atoms with Gasteiger partial charge in [0.1, 0.15) is 0 Å². The van der Waals surface area contributed by atoms with Gasteiger partial charge in [-0.15, -0.1) is 16.4 Å². The number of hydrogen-bond donors (Lipinski definition) is 1. The molecule has 1 aliphatic heterocycles. The van der Waals surface area contributed by atoms with Crippen molar-refractivity contribution >= 4 is 33.3 Å². The molecular weight excluding hydrogens is 424 g/mol. The zero-order valence-electron chi connectivity index (χ0n) is 16.4. The van der Waals surface area contributed by atoms with Crippen molar-refractivity contribution in [2.45, 2.75) is 31.1 Å². The summed E-state index contributed by atoms with van der Waals surface area (Å²) >= 11 is 1.58. The van der Waals surface area contributed by atoms with Crippen molar-refractivity contribution in [3.63, 3.8) is 0 Å². The number of nitrogens with zero attached hydrogens (tertiary/aromatic N) is 3. The number of sulfonamides is 1. The van der Waals surface area contributed by atoms with Crippen molar-refractivity contribution in [2.75, 3.05) is 18.4 Å². The number of carbonyl (C=O) groups is 1. The Labute approximate surface area is 179 Å². The Kier molecular flexibility index (Phi) is 5.98. The standard InChI is InChI=1S/C20H22N4O4S2/c1-14-4-2-10-24(13-14)30(26,27)17-8-6-15(7-9-17)19(25)21-20-23-22-18(28-20)12-16-5-3-11-29-16/h3,5-9,11,14H,2,4,10,12-13H2,1H3,(H,21,23,25). The molecule has 0 aliphatic carbocycles. The molecule has 1 saturated heterocycles. The molecule has 0 saturated carbocycles. The molecule has 10 heteroatoms. The smallest absolute Gasteiger partial charge is 0.322 e. The summed E-state index contributed by atoms with van der Waals surface area (Å²) in [6.45, 7) is 3.11. The highest BCUT2D eigenvalue weighted by Crippen LogP contribution is 2.24. The van der Waals surface area contributed by atoms with E-state index in [1.54, 1.807) is 11.3 Å².